The molecule has 0 aliphatic rings. The van der Waals surface area contributed by atoms with E-state index in [-0.39, 0.29) is 11.6 Å². The maximum atomic E-state index is 10.9. The van der Waals surface area contributed by atoms with Crippen LogP contribution in [0.3, 0.4) is 0 Å². The summed E-state index contributed by atoms with van der Waals surface area (Å²) in [6.45, 7) is 0. The van der Waals surface area contributed by atoms with E-state index in [1.807, 2.05) is 24.3 Å². The quantitative estimate of drug-likeness (QED) is 0.395. The number of aromatic nitrogens is 4. The minimum absolute atomic E-state index is 0.0585. The Bertz CT molecular complexity index is 1120. The lowest BCUT2D eigenvalue weighted by Crippen LogP contribution is -1.98. The van der Waals surface area contributed by atoms with E-state index < -0.39 is 4.92 Å². The van der Waals surface area contributed by atoms with Gasteiger partial charge in [0.2, 0.25) is 5.88 Å². The molecule has 0 radical (unpaired) electrons. The third kappa shape index (κ3) is 3.25. The average molecular weight is 363 g/mol. The molecular formula is C18H13N5O4. The molecule has 9 heteroatoms. The number of nitro groups is 1. The van der Waals surface area contributed by atoms with E-state index >= 15 is 0 Å². The summed E-state index contributed by atoms with van der Waals surface area (Å²) < 4.78 is 12.4. The van der Waals surface area contributed by atoms with Crippen LogP contribution in [-0.2, 0) is 0 Å². The molecule has 0 aliphatic carbocycles. The molecule has 9 nitrogen and oxygen atoms in total. The summed E-state index contributed by atoms with van der Waals surface area (Å²) in [4.78, 5) is 10.4. The molecular weight excluding hydrogens is 350 g/mol. The number of ether oxygens (including phenoxy) is 2. The first kappa shape index (κ1) is 16.5. The summed E-state index contributed by atoms with van der Waals surface area (Å²) in [5.74, 6) is 1.85. The third-order valence-corrected chi connectivity index (χ3v) is 3.84. The minimum atomic E-state index is -0.481. The third-order valence-electron chi connectivity index (χ3n) is 3.84. The van der Waals surface area contributed by atoms with E-state index in [1.165, 1.54) is 12.1 Å². The van der Waals surface area contributed by atoms with Crippen LogP contribution in [0.15, 0.2) is 60.7 Å². The van der Waals surface area contributed by atoms with Crippen LogP contribution in [0.2, 0.25) is 0 Å². The molecule has 0 amide bonds. The number of hydrogen-bond acceptors (Lipinski definition) is 7. The SMILES string of the molecule is COc1ccc(-c2nnc3ccc(Oc4cccc([N+](=O)[O-])c4)nn23)cc1. The summed E-state index contributed by atoms with van der Waals surface area (Å²) >= 11 is 0. The number of methoxy groups -OCH3 is 1. The Labute approximate surface area is 153 Å². The summed E-state index contributed by atoms with van der Waals surface area (Å²) in [7, 11) is 1.60. The second-order valence-electron chi connectivity index (χ2n) is 5.55. The first-order chi connectivity index (χ1) is 13.1. The normalized spacial score (nSPS) is 10.7. The molecule has 2 aromatic carbocycles. The van der Waals surface area contributed by atoms with Crippen LogP contribution in [0.1, 0.15) is 0 Å². The number of non-ortho nitro benzene ring substituents is 1. The van der Waals surface area contributed by atoms with Crippen LogP contribution >= 0.6 is 0 Å². The molecule has 0 spiro atoms. The highest BCUT2D eigenvalue weighted by Gasteiger charge is 2.12. The van der Waals surface area contributed by atoms with Gasteiger partial charge in [-0.2, -0.15) is 4.52 Å². The Balaban J connectivity index is 1.69. The van der Waals surface area contributed by atoms with E-state index in [9.17, 15) is 10.1 Å². The van der Waals surface area contributed by atoms with Crippen LogP contribution in [0.4, 0.5) is 5.69 Å². The van der Waals surface area contributed by atoms with Gasteiger partial charge in [-0.05, 0) is 36.4 Å². The lowest BCUT2D eigenvalue weighted by Gasteiger charge is -2.06. The molecule has 134 valence electrons. The van der Waals surface area contributed by atoms with Crippen LogP contribution in [0, 0.1) is 10.1 Å². The van der Waals surface area contributed by atoms with Crippen LogP contribution < -0.4 is 9.47 Å². The highest BCUT2D eigenvalue weighted by Crippen LogP contribution is 2.25. The maximum absolute atomic E-state index is 10.9. The van der Waals surface area contributed by atoms with E-state index in [4.69, 9.17) is 9.47 Å². The molecule has 0 atom stereocenters. The second-order valence-corrected chi connectivity index (χ2v) is 5.55. The predicted molar refractivity (Wildman–Crippen MR) is 95.9 cm³/mol. The Kier molecular flexibility index (Phi) is 4.09. The van der Waals surface area contributed by atoms with Crippen LogP contribution in [0.5, 0.6) is 17.4 Å². The van der Waals surface area contributed by atoms with Crippen molar-refractivity contribution in [2.24, 2.45) is 0 Å². The molecule has 2 aromatic heterocycles. The smallest absolute Gasteiger partial charge is 0.273 e. The Morgan fingerprint density at radius 2 is 1.81 bits per heavy atom. The van der Waals surface area contributed by atoms with Gasteiger partial charge in [0.05, 0.1) is 18.1 Å². The summed E-state index contributed by atoms with van der Waals surface area (Å²) in [5.41, 5.74) is 1.30. The maximum Gasteiger partial charge on any atom is 0.273 e. The van der Waals surface area contributed by atoms with Gasteiger partial charge in [-0.1, -0.05) is 6.07 Å². The second kappa shape index (κ2) is 6.71. The number of rotatable bonds is 5. The molecule has 0 aliphatic heterocycles. The molecule has 4 rings (SSSR count). The van der Waals surface area contributed by atoms with Gasteiger partial charge in [-0.15, -0.1) is 15.3 Å². The summed E-state index contributed by atoms with van der Waals surface area (Å²) in [5, 5.41) is 23.6. The molecule has 0 N–H and O–H groups in total. The fraction of sp³-hybridized carbons (Fsp3) is 0.0556. The number of benzene rings is 2. The molecule has 2 heterocycles. The van der Waals surface area contributed by atoms with Gasteiger partial charge in [0, 0.05) is 17.7 Å². The number of nitro benzene ring substituents is 1. The van der Waals surface area contributed by atoms with Gasteiger partial charge in [-0.25, -0.2) is 0 Å². The molecule has 4 aromatic rings. The molecule has 0 saturated heterocycles. The fourth-order valence-corrected chi connectivity index (χ4v) is 2.53. The van der Waals surface area contributed by atoms with Gasteiger partial charge in [0.1, 0.15) is 11.5 Å². The number of fused-ring (bicyclic) bond motifs is 1. The predicted octanol–water partition coefficient (Wildman–Crippen LogP) is 3.50. The van der Waals surface area contributed by atoms with Crippen molar-refractivity contribution >= 4 is 11.3 Å². The topological polar surface area (TPSA) is 105 Å². The minimum Gasteiger partial charge on any atom is -0.497 e. The van der Waals surface area contributed by atoms with Crippen molar-refractivity contribution in [1.29, 1.82) is 0 Å². The Morgan fingerprint density at radius 1 is 1.00 bits per heavy atom. The zero-order chi connectivity index (χ0) is 18.8. The molecule has 0 fully saturated rings. The summed E-state index contributed by atoms with van der Waals surface area (Å²) in [6, 6.07) is 16.6. The van der Waals surface area contributed by atoms with E-state index in [0.29, 0.717) is 17.2 Å². The van der Waals surface area contributed by atoms with Gasteiger partial charge in [0.25, 0.3) is 5.69 Å². The molecule has 0 bridgehead atoms. The Hall–Kier alpha value is -4.01. The Morgan fingerprint density at radius 3 is 2.56 bits per heavy atom. The van der Waals surface area contributed by atoms with Gasteiger partial charge < -0.3 is 9.47 Å². The van der Waals surface area contributed by atoms with Crippen molar-refractivity contribution in [2.75, 3.05) is 7.11 Å². The largest absolute Gasteiger partial charge is 0.497 e. The number of nitrogens with zero attached hydrogens (tertiary/aromatic N) is 5. The number of hydrogen-bond donors (Lipinski definition) is 0. The average Bonchev–Trinajstić information content (AvgIpc) is 3.11. The molecule has 0 saturated carbocycles. The highest BCUT2D eigenvalue weighted by atomic mass is 16.6. The van der Waals surface area contributed by atoms with Gasteiger partial charge in [-0.3, -0.25) is 10.1 Å². The highest BCUT2D eigenvalue weighted by molar-refractivity contribution is 5.59. The van der Waals surface area contributed by atoms with Crippen molar-refractivity contribution in [3.8, 4) is 28.8 Å². The van der Waals surface area contributed by atoms with E-state index in [2.05, 4.69) is 15.3 Å². The van der Waals surface area contributed by atoms with Gasteiger partial charge in [0.15, 0.2) is 11.5 Å². The van der Waals surface area contributed by atoms with Crippen molar-refractivity contribution in [1.82, 2.24) is 19.8 Å². The zero-order valence-corrected chi connectivity index (χ0v) is 14.1. The standard InChI is InChI=1S/C18H13N5O4/c1-26-14-7-5-12(6-8-14)18-20-19-16-9-10-17(21-22(16)18)27-15-4-2-3-13(11-15)23(24)25/h2-11H,1H3. The van der Waals surface area contributed by atoms with Crippen LogP contribution in [-0.4, -0.2) is 31.8 Å². The fourth-order valence-electron chi connectivity index (χ4n) is 2.53. The molecule has 0 unspecified atom stereocenters. The first-order valence-electron chi connectivity index (χ1n) is 7.93. The van der Waals surface area contributed by atoms with E-state index in [0.717, 1.165) is 11.3 Å². The van der Waals surface area contributed by atoms with Crippen LogP contribution in [0.25, 0.3) is 17.0 Å². The molecule has 27 heavy (non-hydrogen) atoms. The lowest BCUT2D eigenvalue weighted by molar-refractivity contribution is -0.384. The summed E-state index contributed by atoms with van der Waals surface area (Å²) in [6.07, 6.45) is 0. The van der Waals surface area contributed by atoms with Gasteiger partial charge >= 0.3 is 0 Å². The van der Waals surface area contributed by atoms with Crippen molar-refractivity contribution in [3.05, 3.63) is 70.8 Å². The monoisotopic (exact) mass is 363 g/mol. The zero-order valence-electron chi connectivity index (χ0n) is 14.1. The van der Waals surface area contributed by atoms with E-state index in [1.54, 1.807) is 35.9 Å². The van der Waals surface area contributed by atoms with Crippen molar-refractivity contribution in [3.63, 3.8) is 0 Å². The van der Waals surface area contributed by atoms with Crippen molar-refractivity contribution < 1.29 is 14.4 Å². The van der Waals surface area contributed by atoms with Crippen molar-refractivity contribution in [2.45, 2.75) is 0 Å². The lowest BCUT2D eigenvalue weighted by atomic mass is 10.2. The first-order valence-corrected chi connectivity index (χ1v) is 7.93.